The van der Waals surface area contributed by atoms with Crippen LogP contribution in [0.3, 0.4) is 0 Å². The van der Waals surface area contributed by atoms with Crippen molar-refractivity contribution in [2.45, 2.75) is 18.9 Å². The number of hydrogen-bond donors (Lipinski definition) is 2. The number of para-hydroxylation sites is 1. The Morgan fingerprint density at radius 2 is 1.95 bits per heavy atom. The van der Waals surface area contributed by atoms with Crippen molar-refractivity contribution in [2.75, 3.05) is 6.61 Å². The van der Waals surface area contributed by atoms with E-state index < -0.39 is 0 Å². The molecule has 19 heavy (non-hydrogen) atoms. The molecule has 5 nitrogen and oxygen atoms in total. The monoisotopic (exact) mass is 260 g/mol. The van der Waals surface area contributed by atoms with Gasteiger partial charge >= 0.3 is 0 Å². The number of fused-ring (bicyclic) bond motifs is 1. The smallest absolute Gasteiger partial charge is 0.224 e. The average Bonchev–Trinajstić information content (AvgIpc) is 2.70. The maximum atomic E-state index is 12.1. The molecular weight excluding hydrogens is 244 g/mol. The summed E-state index contributed by atoms with van der Waals surface area (Å²) in [7, 11) is 0. The lowest BCUT2D eigenvalue weighted by Gasteiger charge is -2.33. The van der Waals surface area contributed by atoms with Crippen molar-refractivity contribution < 1.29 is 14.3 Å². The topological polar surface area (TPSA) is 81.4 Å². The standard InChI is InChI=1S/C14H16N2O3/c15-13(17)8-5-6-9(8)14(18)16-11-7-19-12-4-2-1-3-10(11)12/h1-4,8-9,11H,5-7H2,(H2,15,17)(H,16,18). The lowest BCUT2D eigenvalue weighted by molar-refractivity contribution is -0.139. The van der Waals surface area contributed by atoms with Crippen molar-refractivity contribution in [3.63, 3.8) is 0 Å². The Morgan fingerprint density at radius 3 is 2.63 bits per heavy atom. The first kappa shape index (κ1) is 12.0. The number of primary amides is 1. The number of nitrogens with one attached hydrogen (secondary N) is 1. The van der Waals surface area contributed by atoms with E-state index in [0.29, 0.717) is 13.0 Å². The van der Waals surface area contributed by atoms with Crippen LogP contribution in [0.1, 0.15) is 24.4 Å². The van der Waals surface area contributed by atoms with Crippen LogP contribution < -0.4 is 15.8 Å². The molecule has 0 aromatic heterocycles. The lowest BCUT2D eigenvalue weighted by atomic mass is 9.72. The van der Waals surface area contributed by atoms with Gasteiger partial charge in [-0.15, -0.1) is 0 Å². The molecule has 3 atom stereocenters. The van der Waals surface area contributed by atoms with Gasteiger partial charge in [0.1, 0.15) is 12.4 Å². The van der Waals surface area contributed by atoms with E-state index in [4.69, 9.17) is 10.5 Å². The first-order valence-corrected chi connectivity index (χ1v) is 6.48. The molecule has 1 aliphatic carbocycles. The van der Waals surface area contributed by atoms with Crippen LogP contribution in [0.4, 0.5) is 0 Å². The summed E-state index contributed by atoms with van der Waals surface area (Å²) in [4.78, 5) is 23.3. The number of benzene rings is 1. The zero-order valence-corrected chi connectivity index (χ0v) is 10.5. The van der Waals surface area contributed by atoms with Crippen LogP contribution in [-0.4, -0.2) is 18.4 Å². The van der Waals surface area contributed by atoms with Crippen LogP contribution in [0.15, 0.2) is 24.3 Å². The van der Waals surface area contributed by atoms with Crippen molar-refractivity contribution >= 4 is 11.8 Å². The van der Waals surface area contributed by atoms with Crippen molar-refractivity contribution in [2.24, 2.45) is 17.6 Å². The van der Waals surface area contributed by atoms with Crippen LogP contribution in [0, 0.1) is 11.8 Å². The Balaban J connectivity index is 1.67. The summed E-state index contributed by atoms with van der Waals surface area (Å²) in [5.41, 5.74) is 6.26. The normalized spacial score (nSPS) is 27.9. The van der Waals surface area contributed by atoms with Gasteiger partial charge in [-0.2, -0.15) is 0 Å². The van der Waals surface area contributed by atoms with Crippen LogP contribution >= 0.6 is 0 Å². The van der Waals surface area contributed by atoms with Crippen molar-refractivity contribution in [1.82, 2.24) is 5.32 Å². The molecule has 0 spiro atoms. The minimum Gasteiger partial charge on any atom is -0.491 e. The third-order valence-electron chi connectivity index (χ3n) is 3.99. The quantitative estimate of drug-likeness (QED) is 0.841. The molecule has 3 rings (SSSR count). The Morgan fingerprint density at radius 1 is 1.21 bits per heavy atom. The van der Waals surface area contributed by atoms with E-state index in [1.54, 1.807) is 0 Å². The third kappa shape index (κ3) is 2.05. The summed E-state index contributed by atoms with van der Waals surface area (Å²) >= 11 is 0. The summed E-state index contributed by atoms with van der Waals surface area (Å²) in [5.74, 6) is -0.245. The maximum absolute atomic E-state index is 12.1. The van der Waals surface area contributed by atoms with E-state index in [1.165, 1.54) is 0 Å². The predicted molar refractivity (Wildman–Crippen MR) is 68.2 cm³/mol. The molecule has 0 bridgehead atoms. The molecule has 3 unspecified atom stereocenters. The number of carbonyl (C=O) groups excluding carboxylic acids is 2. The Hall–Kier alpha value is -2.04. The van der Waals surface area contributed by atoms with Gasteiger partial charge in [0.25, 0.3) is 0 Å². The van der Waals surface area contributed by atoms with Gasteiger partial charge in [-0.05, 0) is 18.9 Å². The summed E-state index contributed by atoms with van der Waals surface area (Å²) in [5, 5.41) is 2.95. The van der Waals surface area contributed by atoms with E-state index in [9.17, 15) is 9.59 Å². The van der Waals surface area contributed by atoms with Gasteiger partial charge in [0.2, 0.25) is 11.8 Å². The fourth-order valence-corrected chi connectivity index (χ4v) is 2.72. The molecule has 0 radical (unpaired) electrons. The van der Waals surface area contributed by atoms with Gasteiger partial charge in [0, 0.05) is 17.4 Å². The highest BCUT2D eigenvalue weighted by atomic mass is 16.5. The molecule has 1 aliphatic heterocycles. The SMILES string of the molecule is NC(=O)C1CCC1C(=O)NC1COc2ccccc21. The summed E-state index contributed by atoms with van der Waals surface area (Å²) < 4.78 is 5.51. The van der Waals surface area contributed by atoms with E-state index in [0.717, 1.165) is 17.7 Å². The van der Waals surface area contributed by atoms with Crippen LogP contribution in [0.5, 0.6) is 5.75 Å². The molecule has 3 N–H and O–H groups in total. The summed E-state index contributed by atoms with van der Waals surface area (Å²) in [6.07, 6.45) is 1.44. The zero-order chi connectivity index (χ0) is 13.4. The van der Waals surface area contributed by atoms with Crippen LogP contribution in [-0.2, 0) is 9.59 Å². The molecule has 1 fully saturated rings. The van der Waals surface area contributed by atoms with E-state index >= 15 is 0 Å². The molecule has 1 aromatic rings. The molecular formula is C14H16N2O3. The number of amides is 2. The molecule has 1 saturated carbocycles. The van der Waals surface area contributed by atoms with Crippen molar-refractivity contribution in [3.05, 3.63) is 29.8 Å². The number of ether oxygens (including phenoxy) is 1. The van der Waals surface area contributed by atoms with Gasteiger partial charge in [0.15, 0.2) is 0 Å². The van der Waals surface area contributed by atoms with Gasteiger partial charge in [-0.25, -0.2) is 0 Å². The molecule has 2 amide bonds. The second kappa shape index (κ2) is 4.57. The number of hydrogen-bond acceptors (Lipinski definition) is 3. The largest absolute Gasteiger partial charge is 0.491 e. The molecule has 100 valence electrons. The second-order valence-corrected chi connectivity index (χ2v) is 5.10. The van der Waals surface area contributed by atoms with Gasteiger partial charge in [-0.3, -0.25) is 9.59 Å². The highest BCUT2D eigenvalue weighted by Crippen LogP contribution is 2.36. The van der Waals surface area contributed by atoms with Gasteiger partial charge in [-0.1, -0.05) is 18.2 Å². The molecule has 1 aromatic carbocycles. The van der Waals surface area contributed by atoms with Crippen LogP contribution in [0.25, 0.3) is 0 Å². The fraction of sp³-hybridized carbons (Fsp3) is 0.429. The minimum atomic E-state index is -0.380. The Kier molecular flexibility index (Phi) is 2.89. The molecule has 2 aliphatic rings. The fourth-order valence-electron chi connectivity index (χ4n) is 2.72. The highest BCUT2D eigenvalue weighted by molar-refractivity contribution is 5.88. The number of carbonyl (C=O) groups is 2. The average molecular weight is 260 g/mol. The highest BCUT2D eigenvalue weighted by Gasteiger charge is 2.41. The maximum Gasteiger partial charge on any atom is 0.224 e. The van der Waals surface area contributed by atoms with Gasteiger partial charge in [0.05, 0.1) is 6.04 Å². The first-order chi connectivity index (χ1) is 9.16. The number of rotatable bonds is 3. The van der Waals surface area contributed by atoms with Crippen LogP contribution in [0.2, 0.25) is 0 Å². The minimum absolute atomic E-state index is 0.0969. The molecule has 5 heteroatoms. The number of nitrogens with two attached hydrogens (primary N) is 1. The van der Waals surface area contributed by atoms with Crippen molar-refractivity contribution in [3.8, 4) is 5.75 Å². The third-order valence-corrected chi connectivity index (χ3v) is 3.99. The van der Waals surface area contributed by atoms with Gasteiger partial charge < -0.3 is 15.8 Å². The zero-order valence-electron chi connectivity index (χ0n) is 10.5. The Labute approximate surface area is 111 Å². The van der Waals surface area contributed by atoms with E-state index in [1.807, 2.05) is 24.3 Å². The van der Waals surface area contributed by atoms with E-state index in [2.05, 4.69) is 5.32 Å². The molecule has 0 saturated heterocycles. The molecule has 1 heterocycles. The lowest BCUT2D eigenvalue weighted by Crippen LogP contribution is -2.47. The predicted octanol–water partition coefficient (Wildman–Crippen LogP) is 0.748. The van der Waals surface area contributed by atoms with E-state index in [-0.39, 0.29) is 29.7 Å². The summed E-state index contributed by atoms with van der Waals surface area (Å²) in [6, 6.07) is 7.52. The Bertz CT molecular complexity index is 529. The van der Waals surface area contributed by atoms with Crippen molar-refractivity contribution in [1.29, 1.82) is 0 Å². The summed E-state index contributed by atoms with van der Waals surface area (Å²) in [6.45, 7) is 0.443. The second-order valence-electron chi connectivity index (χ2n) is 5.10. The first-order valence-electron chi connectivity index (χ1n) is 6.48.